The Morgan fingerprint density at radius 2 is 2.21 bits per heavy atom. The number of aryl methyl sites for hydroxylation is 1. The average Bonchev–Trinajstić information content (AvgIpc) is 3.08. The van der Waals surface area contributed by atoms with Crippen LogP contribution in [0, 0.1) is 12.8 Å². The van der Waals surface area contributed by atoms with Crippen LogP contribution >= 0.6 is 0 Å². The van der Waals surface area contributed by atoms with Gasteiger partial charge in [0.2, 0.25) is 5.95 Å². The number of aromatic amines is 1. The van der Waals surface area contributed by atoms with Gasteiger partial charge in [-0.2, -0.15) is 5.10 Å². The standard InChI is InChI=1S/C13H17N5O/c1-9-4-14-13(15-5-9)16-6-10-2-3-19-12(10)11-7-17-18-8-11/h4-5,7-8,10,12H,2-3,6H2,1H3,(H,17,18)(H,14,15,16)/t10-,12+/m1/s1. The Bertz CT molecular complexity index is 510. The van der Waals surface area contributed by atoms with E-state index in [2.05, 4.69) is 25.5 Å². The Kier molecular flexibility index (Phi) is 3.41. The maximum absolute atomic E-state index is 5.78. The van der Waals surface area contributed by atoms with E-state index in [9.17, 15) is 0 Å². The van der Waals surface area contributed by atoms with Crippen LogP contribution in [0.2, 0.25) is 0 Å². The molecule has 2 N–H and O–H groups in total. The molecule has 6 heteroatoms. The normalized spacial score (nSPS) is 22.6. The van der Waals surface area contributed by atoms with Crippen molar-refractivity contribution in [3.8, 4) is 0 Å². The van der Waals surface area contributed by atoms with Crippen molar-refractivity contribution in [2.45, 2.75) is 19.4 Å². The van der Waals surface area contributed by atoms with Crippen LogP contribution in [-0.4, -0.2) is 33.3 Å². The van der Waals surface area contributed by atoms with E-state index in [0.717, 1.165) is 30.7 Å². The van der Waals surface area contributed by atoms with E-state index < -0.39 is 0 Å². The zero-order valence-electron chi connectivity index (χ0n) is 10.8. The van der Waals surface area contributed by atoms with Crippen molar-refractivity contribution < 1.29 is 4.74 Å². The minimum absolute atomic E-state index is 0.108. The lowest BCUT2D eigenvalue weighted by molar-refractivity contribution is 0.0933. The Balaban J connectivity index is 1.61. The van der Waals surface area contributed by atoms with E-state index in [1.807, 2.05) is 31.7 Å². The van der Waals surface area contributed by atoms with E-state index in [1.165, 1.54) is 0 Å². The van der Waals surface area contributed by atoms with Crippen molar-refractivity contribution in [2.75, 3.05) is 18.5 Å². The highest BCUT2D eigenvalue weighted by molar-refractivity contribution is 5.25. The molecular formula is C13H17N5O. The molecule has 0 aromatic carbocycles. The van der Waals surface area contributed by atoms with Gasteiger partial charge in [-0.1, -0.05) is 0 Å². The second-order valence-electron chi connectivity index (χ2n) is 4.84. The third kappa shape index (κ3) is 2.73. The van der Waals surface area contributed by atoms with Crippen LogP contribution in [0.1, 0.15) is 23.7 Å². The predicted octanol–water partition coefficient (Wildman–Crippen LogP) is 1.70. The van der Waals surface area contributed by atoms with Gasteiger partial charge in [-0.3, -0.25) is 5.10 Å². The summed E-state index contributed by atoms with van der Waals surface area (Å²) in [5.74, 6) is 1.09. The highest BCUT2D eigenvalue weighted by atomic mass is 16.5. The van der Waals surface area contributed by atoms with E-state index in [-0.39, 0.29) is 6.10 Å². The van der Waals surface area contributed by atoms with Crippen LogP contribution in [0.3, 0.4) is 0 Å². The van der Waals surface area contributed by atoms with Crippen molar-refractivity contribution >= 4 is 5.95 Å². The van der Waals surface area contributed by atoms with Gasteiger partial charge in [-0.25, -0.2) is 9.97 Å². The summed E-state index contributed by atoms with van der Waals surface area (Å²) >= 11 is 0. The summed E-state index contributed by atoms with van der Waals surface area (Å²) in [6.45, 7) is 3.57. The summed E-state index contributed by atoms with van der Waals surface area (Å²) in [7, 11) is 0. The van der Waals surface area contributed by atoms with Crippen LogP contribution in [0.5, 0.6) is 0 Å². The average molecular weight is 259 g/mol. The number of ether oxygens (including phenoxy) is 1. The molecule has 0 bridgehead atoms. The molecule has 0 amide bonds. The van der Waals surface area contributed by atoms with Gasteiger partial charge in [0.25, 0.3) is 0 Å². The van der Waals surface area contributed by atoms with Crippen molar-refractivity contribution in [1.29, 1.82) is 0 Å². The summed E-state index contributed by atoms with van der Waals surface area (Å²) in [4.78, 5) is 8.49. The van der Waals surface area contributed by atoms with Gasteiger partial charge in [0.05, 0.1) is 12.3 Å². The lowest BCUT2D eigenvalue weighted by Gasteiger charge is -2.17. The molecule has 19 heavy (non-hydrogen) atoms. The van der Waals surface area contributed by atoms with Gasteiger partial charge in [-0.15, -0.1) is 0 Å². The highest BCUT2D eigenvalue weighted by Gasteiger charge is 2.30. The second-order valence-corrected chi connectivity index (χ2v) is 4.84. The molecule has 2 atom stereocenters. The first kappa shape index (κ1) is 12.1. The molecular weight excluding hydrogens is 242 g/mol. The summed E-state index contributed by atoms with van der Waals surface area (Å²) in [5.41, 5.74) is 2.17. The number of H-pyrrole nitrogens is 1. The summed E-state index contributed by atoms with van der Waals surface area (Å²) in [5, 5.41) is 10.1. The first-order valence-corrected chi connectivity index (χ1v) is 6.46. The maximum Gasteiger partial charge on any atom is 0.222 e. The number of hydrogen-bond donors (Lipinski definition) is 2. The largest absolute Gasteiger partial charge is 0.373 e. The van der Waals surface area contributed by atoms with Crippen LogP contribution in [0.4, 0.5) is 5.95 Å². The minimum atomic E-state index is 0.108. The molecule has 0 radical (unpaired) electrons. The molecule has 0 unspecified atom stereocenters. The molecule has 0 spiro atoms. The Hall–Kier alpha value is -1.95. The number of aromatic nitrogens is 4. The Morgan fingerprint density at radius 1 is 1.37 bits per heavy atom. The van der Waals surface area contributed by atoms with E-state index in [1.54, 1.807) is 0 Å². The molecule has 100 valence electrons. The number of nitrogens with zero attached hydrogens (tertiary/aromatic N) is 3. The third-order valence-corrected chi connectivity index (χ3v) is 3.37. The fourth-order valence-electron chi connectivity index (χ4n) is 2.33. The van der Waals surface area contributed by atoms with Crippen LogP contribution < -0.4 is 5.32 Å². The Labute approximate surface area is 111 Å². The van der Waals surface area contributed by atoms with Crippen LogP contribution in [0.25, 0.3) is 0 Å². The predicted molar refractivity (Wildman–Crippen MR) is 70.6 cm³/mol. The van der Waals surface area contributed by atoms with Gasteiger partial charge < -0.3 is 10.1 Å². The molecule has 2 aromatic rings. The number of hydrogen-bond acceptors (Lipinski definition) is 5. The van der Waals surface area contributed by atoms with E-state index >= 15 is 0 Å². The molecule has 1 aliphatic heterocycles. The number of rotatable bonds is 4. The van der Waals surface area contributed by atoms with E-state index in [0.29, 0.717) is 11.9 Å². The molecule has 2 aromatic heterocycles. The third-order valence-electron chi connectivity index (χ3n) is 3.37. The van der Waals surface area contributed by atoms with Gasteiger partial charge in [-0.05, 0) is 18.9 Å². The summed E-state index contributed by atoms with van der Waals surface area (Å²) in [6, 6.07) is 0. The fourth-order valence-corrected chi connectivity index (χ4v) is 2.33. The SMILES string of the molecule is Cc1cnc(NC[C@H]2CCO[C@@H]2c2cn[nH]c2)nc1. The van der Waals surface area contributed by atoms with Crippen LogP contribution in [0.15, 0.2) is 24.8 Å². The lowest BCUT2D eigenvalue weighted by Crippen LogP contribution is -2.18. The van der Waals surface area contributed by atoms with Crippen molar-refractivity contribution in [2.24, 2.45) is 5.92 Å². The van der Waals surface area contributed by atoms with Crippen molar-refractivity contribution in [3.05, 3.63) is 35.9 Å². The quantitative estimate of drug-likeness (QED) is 0.874. The minimum Gasteiger partial charge on any atom is -0.373 e. The number of nitrogens with one attached hydrogen (secondary N) is 2. The monoisotopic (exact) mass is 259 g/mol. The number of anilines is 1. The highest BCUT2D eigenvalue weighted by Crippen LogP contribution is 2.33. The molecule has 1 fully saturated rings. The molecule has 3 rings (SSSR count). The zero-order valence-corrected chi connectivity index (χ0v) is 10.8. The molecule has 0 saturated carbocycles. The smallest absolute Gasteiger partial charge is 0.222 e. The topological polar surface area (TPSA) is 75.7 Å². The van der Waals surface area contributed by atoms with Gasteiger partial charge in [0, 0.05) is 43.2 Å². The molecule has 0 aliphatic carbocycles. The first-order valence-electron chi connectivity index (χ1n) is 6.46. The second kappa shape index (κ2) is 5.36. The maximum atomic E-state index is 5.78. The molecule has 1 saturated heterocycles. The molecule has 6 nitrogen and oxygen atoms in total. The fraction of sp³-hybridized carbons (Fsp3) is 0.462. The zero-order chi connectivity index (χ0) is 13.1. The molecule has 1 aliphatic rings. The van der Waals surface area contributed by atoms with Crippen LogP contribution in [-0.2, 0) is 4.74 Å². The summed E-state index contributed by atoms with van der Waals surface area (Å²) in [6.07, 6.45) is 8.49. The summed E-state index contributed by atoms with van der Waals surface area (Å²) < 4.78 is 5.78. The Morgan fingerprint density at radius 3 is 2.95 bits per heavy atom. The van der Waals surface area contributed by atoms with Crippen molar-refractivity contribution in [3.63, 3.8) is 0 Å². The van der Waals surface area contributed by atoms with Gasteiger partial charge >= 0.3 is 0 Å². The van der Waals surface area contributed by atoms with Gasteiger partial charge in [0.15, 0.2) is 0 Å². The van der Waals surface area contributed by atoms with E-state index in [4.69, 9.17) is 4.74 Å². The van der Waals surface area contributed by atoms with Gasteiger partial charge in [0.1, 0.15) is 0 Å². The lowest BCUT2D eigenvalue weighted by atomic mass is 9.97. The first-order chi connectivity index (χ1) is 9.33. The molecule has 3 heterocycles. The van der Waals surface area contributed by atoms with Crippen molar-refractivity contribution in [1.82, 2.24) is 20.2 Å².